The van der Waals surface area contributed by atoms with Crippen molar-refractivity contribution in [2.24, 2.45) is 7.05 Å². The molecule has 1 aromatic rings. The SMILES string of the molecule is CCCCS(=O)(=O)N1CCC2(CC1)NC(=O)CC2c1cnn(C)c1. The van der Waals surface area contributed by atoms with Crippen molar-refractivity contribution in [3.05, 3.63) is 18.0 Å². The minimum Gasteiger partial charge on any atom is -0.350 e. The molecule has 1 atom stereocenters. The largest absolute Gasteiger partial charge is 0.350 e. The van der Waals surface area contributed by atoms with Crippen LogP contribution in [-0.2, 0) is 21.9 Å². The number of sulfonamides is 1. The number of unbranched alkanes of at least 4 members (excludes halogenated alkanes) is 1. The topological polar surface area (TPSA) is 84.3 Å². The predicted octanol–water partition coefficient (Wildman–Crippen LogP) is 0.988. The summed E-state index contributed by atoms with van der Waals surface area (Å²) >= 11 is 0. The summed E-state index contributed by atoms with van der Waals surface area (Å²) in [6, 6.07) is 0. The highest BCUT2D eigenvalue weighted by molar-refractivity contribution is 7.89. The first-order chi connectivity index (χ1) is 11.4. The molecule has 3 rings (SSSR count). The lowest BCUT2D eigenvalue weighted by Gasteiger charge is -2.42. The minimum absolute atomic E-state index is 0.0474. The van der Waals surface area contributed by atoms with E-state index < -0.39 is 10.0 Å². The second-order valence-electron chi connectivity index (χ2n) is 6.98. The van der Waals surface area contributed by atoms with Gasteiger partial charge in [-0.15, -0.1) is 0 Å². The first-order valence-electron chi connectivity index (χ1n) is 8.64. The fourth-order valence-electron chi connectivity index (χ4n) is 3.95. The van der Waals surface area contributed by atoms with Crippen molar-refractivity contribution in [3.8, 4) is 0 Å². The highest BCUT2D eigenvalue weighted by Crippen LogP contribution is 2.43. The van der Waals surface area contributed by atoms with Gasteiger partial charge in [-0.05, 0) is 24.8 Å². The summed E-state index contributed by atoms with van der Waals surface area (Å²) < 4.78 is 28.1. The van der Waals surface area contributed by atoms with E-state index in [0.29, 0.717) is 38.8 Å². The Bertz CT molecular complexity index is 705. The number of rotatable bonds is 5. The lowest BCUT2D eigenvalue weighted by atomic mass is 9.75. The van der Waals surface area contributed by atoms with Crippen LogP contribution in [0.4, 0.5) is 0 Å². The molecule has 0 radical (unpaired) electrons. The van der Waals surface area contributed by atoms with Crippen LogP contribution >= 0.6 is 0 Å². The van der Waals surface area contributed by atoms with Crippen molar-refractivity contribution in [1.29, 1.82) is 0 Å². The number of piperidine rings is 1. The van der Waals surface area contributed by atoms with Crippen LogP contribution in [0.2, 0.25) is 0 Å². The number of carbonyl (C=O) groups is 1. The van der Waals surface area contributed by atoms with Crippen molar-refractivity contribution < 1.29 is 13.2 Å². The van der Waals surface area contributed by atoms with Crippen LogP contribution in [0.5, 0.6) is 0 Å². The molecule has 1 aromatic heterocycles. The molecule has 0 bridgehead atoms. The Morgan fingerprint density at radius 1 is 1.38 bits per heavy atom. The number of nitrogens with zero attached hydrogens (tertiary/aromatic N) is 3. The van der Waals surface area contributed by atoms with Crippen LogP contribution in [0.3, 0.4) is 0 Å². The first kappa shape index (κ1) is 17.4. The van der Waals surface area contributed by atoms with Crippen molar-refractivity contribution >= 4 is 15.9 Å². The van der Waals surface area contributed by atoms with Gasteiger partial charge in [0.25, 0.3) is 0 Å². The second-order valence-corrected chi connectivity index (χ2v) is 9.07. The van der Waals surface area contributed by atoms with Crippen LogP contribution in [0.25, 0.3) is 0 Å². The van der Waals surface area contributed by atoms with Gasteiger partial charge in [0.15, 0.2) is 0 Å². The molecule has 0 aliphatic carbocycles. The number of carbonyl (C=O) groups excluding carboxylic acids is 1. The van der Waals surface area contributed by atoms with Gasteiger partial charge in [0.05, 0.1) is 11.9 Å². The Kier molecular flexibility index (Phi) is 4.70. The van der Waals surface area contributed by atoms with Crippen LogP contribution in [0, 0.1) is 0 Å². The number of aromatic nitrogens is 2. The standard InChI is InChI=1S/C16H26N4O3S/c1-3-4-9-24(22,23)20-7-5-16(6-8-20)14(10-15(21)18-16)13-11-17-19(2)12-13/h11-12,14H,3-10H2,1-2H3,(H,18,21). The molecule has 7 nitrogen and oxygen atoms in total. The van der Waals surface area contributed by atoms with Gasteiger partial charge in [-0.3, -0.25) is 9.48 Å². The van der Waals surface area contributed by atoms with Crippen molar-refractivity contribution in [2.75, 3.05) is 18.8 Å². The number of amides is 1. The molecule has 1 unspecified atom stereocenters. The molecule has 24 heavy (non-hydrogen) atoms. The molecular formula is C16H26N4O3S. The lowest BCUT2D eigenvalue weighted by Crippen LogP contribution is -2.54. The maximum Gasteiger partial charge on any atom is 0.221 e. The molecule has 3 heterocycles. The molecule has 0 saturated carbocycles. The van der Waals surface area contributed by atoms with E-state index in [9.17, 15) is 13.2 Å². The molecule has 134 valence electrons. The summed E-state index contributed by atoms with van der Waals surface area (Å²) in [6.07, 6.45) is 7.10. The average molecular weight is 354 g/mol. The lowest BCUT2D eigenvalue weighted by molar-refractivity contribution is -0.120. The molecule has 1 amide bonds. The zero-order chi connectivity index (χ0) is 17.4. The van der Waals surface area contributed by atoms with Gasteiger partial charge < -0.3 is 5.32 Å². The first-order valence-corrected chi connectivity index (χ1v) is 10.2. The highest BCUT2D eigenvalue weighted by Gasteiger charge is 2.50. The molecular weight excluding hydrogens is 328 g/mol. The van der Waals surface area contributed by atoms with E-state index in [4.69, 9.17) is 0 Å². The maximum absolute atomic E-state index is 12.4. The predicted molar refractivity (Wildman–Crippen MR) is 90.9 cm³/mol. The number of aryl methyl sites for hydroxylation is 1. The third kappa shape index (κ3) is 3.21. The van der Waals surface area contributed by atoms with Crippen LogP contribution in [0.15, 0.2) is 12.4 Å². The number of hydrogen-bond acceptors (Lipinski definition) is 4. The van der Waals surface area contributed by atoms with Gasteiger partial charge in [-0.2, -0.15) is 5.10 Å². The van der Waals surface area contributed by atoms with Gasteiger partial charge in [0.2, 0.25) is 15.9 Å². The Morgan fingerprint density at radius 2 is 2.08 bits per heavy atom. The fourth-order valence-corrected chi connectivity index (χ4v) is 5.60. The zero-order valence-electron chi connectivity index (χ0n) is 14.4. The van der Waals surface area contributed by atoms with Crippen LogP contribution in [0.1, 0.15) is 50.5 Å². The summed E-state index contributed by atoms with van der Waals surface area (Å²) in [5.74, 6) is 0.333. The number of hydrogen-bond donors (Lipinski definition) is 1. The minimum atomic E-state index is -3.18. The molecule has 2 aliphatic heterocycles. The molecule has 8 heteroatoms. The molecule has 1 spiro atoms. The van der Waals surface area contributed by atoms with Gasteiger partial charge in [-0.25, -0.2) is 12.7 Å². The van der Waals surface area contributed by atoms with E-state index in [1.807, 2.05) is 26.4 Å². The Morgan fingerprint density at radius 3 is 2.67 bits per heavy atom. The summed E-state index contributed by atoms with van der Waals surface area (Å²) in [4.78, 5) is 12.1. The summed E-state index contributed by atoms with van der Waals surface area (Å²) in [5.41, 5.74) is 0.717. The van der Waals surface area contributed by atoms with Crippen molar-refractivity contribution in [1.82, 2.24) is 19.4 Å². The molecule has 1 N–H and O–H groups in total. The Labute approximate surface area is 143 Å². The van der Waals surface area contributed by atoms with Gasteiger partial charge >= 0.3 is 0 Å². The van der Waals surface area contributed by atoms with E-state index in [0.717, 1.165) is 12.0 Å². The smallest absolute Gasteiger partial charge is 0.221 e. The normalized spacial score (nSPS) is 24.4. The molecule has 2 aliphatic rings. The van der Waals surface area contributed by atoms with Gasteiger partial charge in [-0.1, -0.05) is 13.3 Å². The van der Waals surface area contributed by atoms with Crippen LogP contribution in [-0.4, -0.2) is 52.8 Å². The Balaban J connectivity index is 1.74. The van der Waals surface area contributed by atoms with E-state index in [1.165, 1.54) is 0 Å². The third-order valence-corrected chi connectivity index (χ3v) is 7.29. The van der Waals surface area contributed by atoms with E-state index in [-0.39, 0.29) is 23.1 Å². The van der Waals surface area contributed by atoms with E-state index in [1.54, 1.807) is 8.99 Å². The highest BCUT2D eigenvalue weighted by atomic mass is 32.2. The van der Waals surface area contributed by atoms with Gasteiger partial charge in [0.1, 0.15) is 0 Å². The third-order valence-electron chi connectivity index (χ3n) is 5.34. The second kappa shape index (κ2) is 6.48. The zero-order valence-corrected chi connectivity index (χ0v) is 15.2. The van der Waals surface area contributed by atoms with Gasteiger partial charge in [0, 0.05) is 44.2 Å². The maximum atomic E-state index is 12.4. The Hall–Kier alpha value is -1.41. The molecule has 0 aromatic carbocycles. The monoisotopic (exact) mass is 354 g/mol. The summed E-state index contributed by atoms with van der Waals surface area (Å²) in [6.45, 7) is 2.94. The number of nitrogens with one attached hydrogen (secondary N) is 1. The summed E-state index contributed by atoms with van der Waals surface area (Å²) in [7, 11) is -1.31. The van der Waals surface area contributed by atoms with Crippen molar-refractivity contribution in [3.63, 3.8) is 0 Å². The van der Waals surface area contributed by atoms with Crippen LogP contribution < -0.4 is 5.32 Å². The summed E-state index contributed by atoms with van der Waals surface area (Å²) in [5, 5.41) is 7.37. The molecule has 2 saturated heterocycles. The van der Waals surface area contributed by atoms with E-state index >= 15 is 0 Å². The average Bonchev–Trinajstić information content (AvgIpc) is 3.09. The van der Waals surface area contributed by atoms with E-state index in [2.05, 4.69) is 10.4 Å². The quantitative estimate of drug-likeness (QED) is 0.854. The van der Waals surface area contributed by atoms with Crippen molar-refractivity contribution in [2.45, 2.75) is 50.5 Å². The fraction of sp³-hybridized carbons (Fsp3) is 0.750. The molecule has 2 fully saturated rings.